The molecule has 2 aliphatic rings. The number of aliphatic hydroxyl groups excluding tert-OH is 1. The van der Waals surface area contributed by atoms with Crippen LogP contribution >= 0.6 is 0 Å². The molecule has 1 aliphatic heterocycles. The Labute approximate surface area is 214 Å². The molecule has 2 aromatic rings. The van der Waals surface area contributed by atoms with Crippen LogP contribution in [-0.4, -0.2) is 41.4 Å². The van der Waals surface area contributed by atoms with Crippen LogP contribution in [0, 0.1) is 17.3 Å². The predicted molar refractivity (Wildman–Crippen MR) is 142 cm³/mol. The van der Waals surface area contributed by atoms with E-state index in [1.54, 1.807) is 11.1 Å². The molecule has 1 aliphatic carbocycles. The highest BCUT2D eigenvalue weighted by Gasteiger charge is 2.51. The summed E-state index contributed by atoms with van der Waals surface area (Å²) in [6, 6.07) is 19.2. The van der Waals surface area contributed by atoms with Crippen LogP contribution in [0.15, 0.2) is 66.9 Å². The van der Waals surface area contributed by atoms with E-state index in [2.05, 4.69) is 13.8 Å². The number of hydrogen-bond donors (Lipinski definition) is 1. The molecular formula is C30H38N2O4. The van der Waals surface area contributed by atoms with Gasteiger partial charge < -0.3 is 14.7 Å². The summed E-state index contributed by atoms with van der Waals surface area (Å²) in [6.45, 7) is 7.20. The van der Waals surface area contributed by atoms with Crippen LogP contribution in [0.3, 0.4) is 0 Å². The Morgan fingerprint density at radius 2 is 1.64 bits per heavy atom. The molecule has 36 heavy (non-hydrogen) atoms. The number of benzene rings is 2. The van der Waals surface area contributed by atoms with Gasteiger partial charge in [0.15, 0.2) is 0 Å². The van der Waals surface area contributed by atoms with Crippen molar-refractivity contribution in [3.8, 4) is 0 Å². The molecule has 6 nitrogen and oxygen atoms in total. The van der Waals surface area contributed by atoms with Gasteiger partial charge in [0.05, 0.1) is 17.6 Å². The zero-order chi connectivity index (χ0) is 25.7. The minimum absolute atomic E-state index is 0.0728. The fourth-order valence-corrected chi connectivity index (χ4v) is 5.35. The maximum absolute atomic E-state index is 13.3. The second-order valence-corrected chi connectivity index (χ2v) is 10.4. The fraction of sp³-hybridized carbons (Fsp3) is 0.467. The first-order valence-electron chi connectivity index (χ1n) is 13.1. The first-order valence-corrected chi connectivity index (χ1v) is 13.1. The summed E-state index contributed by atoms with van der Waals surface area (Å²) >= 11 is 0. The third kappa shape index (κ3) is 5.34. The molecule has 0 radical (unpaired) electrons. The van der Waals surface area contributed by atoms with Crippen LogP contribution in [0.5, 0.6) is 0 Å². The molecule has 192 valence electrons. The molecule has 6 heteroatoms. The largest absolute Gasteiger partial charge is 0.465 e. The van der Waals surface area contributed by atoms with Gasteiger partial charge in [0, 0.05) is 18.4 Å². The molecular weight excluding hydrogens is 452 g/mol. The highest BCUT2D eigenvalue weighted by molar-refractivity contribution is 6.20. The van der Waals surface area contributed by atoms with E-state index in [4.69, 9.17) is 4.74 Å². The Balaban J connectivity index is 1.30. The SMILES string of the molecule is CC1CC(C)(C(=O)OCCCCCCN2C(=O)C(c3ccccc3)=CN(c3ccccc3)C2O)C1C. The van der Waals surface area contributed by atoms with Crippen molar-refractivity contribution in [3.05, 3.63) is 72.4 Å². The van der Waals surface area contributed by atoms with Crippen LogP contribution in [-0.2, 0) is 14.3 Å². The molecule has 1 saturated carbocycles. The number of rotatable bonds is 10. The lowest BCUT2D eigenvalue weighted by atomic mass is 9.56. The molecule has 0 saturated heterocycles. The highest BCUT2D eigenvalue weighted by Crippen LogP contribution is 2.51. The number of para-hydroxylation sites is 1. The minimum Gasteiger partial charge on any atom is -0.465 e. The van der Waals surface area contributed by atoms with Crippen molar-refractivity contribution in [2.45, 2.75) is 59.2 Å². The number of carbonyl (C=O) groups excluding carboxylic acids is 2. The third-order valence-electron chi connectivity index (χ3n) is 8.02. The average Bonchev–Trinajstić information content (AvgIpc) is 2.90. The van der Waals surface area contributed by atoms with Gasteiger partial charge >= 0.3 is 5.97 Å². The zero-order valence-electron chi connectivity index (χ0n) is 21.6. The lowest BCUT2D eigenvalue weighted by molar-refractivity contribution is -0.170. The first-order chi connectivity index (χ1) is 17.3. The number of ether oxygens (including phenoxy) is 1. The van der Waals surface area contributed by atoms with Gasteiger partial charge in [0.25, 0.3) is 5.91 Å². The number of carbonyl (C=O) groups is 2. The summed E-state index contributed by atoms with van der Waals surface area (Å²) in [7, 11) is 0. The van der Waals surface area contributed by atoms with E-state index in [0.717, 1.165) is 43.4 Å². The molecule has 4 atom stereocenters. The molecule has 1 amide bonds. The number of amides is 1. The monoisotopic (exact) mass is 490 g/mol. The topological polar surface area (TPSA) is 70.1 Å². The Morgan fingerprint density at radius 1 is 1.00 bits per heavy atom. The summed E-state index contributed by atoms with van der Waals surface area (Å²) in [5.41, 5.74) is 1.87. The number of aliphatic hydroxyl groups is 1. The Bertz CT molecular complexity index is 1070. The van der Waals surface area contributed by atoms with Gasteiger partial charge in [-0.2, -0.15) is 0 Å². The van der Waals surface area contributed by atoms with E-state index in [1.165, 1.54) is 4.90 Å². The molecule has 1 N–H and O–H groups in total. The van der Waals surface area contributed by atoms with E-state index in [1.807, 2.05) is 67.6 Å². The van der Waals surface area contributed by atoms with Gasteiger partial charge in [0.2, 0.25) is 6.35 Å². The lowest BCUT2D eigenvalue weighted by Crippen LogP contribution is -2.53. The average molecular weight is 491 g/mol. The molecule has 0 spiro atoms. The second kappa shape index (κ2) is 11.3. The summed E-state index contributed by atoms with van der Waals surface area (Å²) < 4.78 is 5.57. The van der Waals surface area contributed by atoms with Crippen molar-refractivity contribution < 1.29 is 19.4 Å². The van der Waals surface area contributed by atoms with E-state index in [0.29, 0.717) is 30.6 Å². The van der Waals surface area contributed by atoms with Crippen LogP contribution in [0.2, 0.25) is 0 Å². The van der Waals surface area contributed by atoms with Crippen LogP contribution in [0.1, 0.15) is 58.4 Å². The van der Waals surface area contributed by atoms with Gasteiger partial charge in [0.1, 0.15) is 0 Å². The van der Waals surface area contributed by atoms with Crippen molar-refractivity contribution in [1.82, 2.24) is 4.90 Å². The van der Waals surface area contributed by atoms with Crippen molar-refractivity contribution in [1.29, 1.82) is 0 Å². The molecule has 0 bridgehead atoms. The van der Waals surface area contributed by atoms with Gasteiger partial charge in [-0.15, -0.1) is 0 Å². The zero-order valence-corrected chi connectivity index (χ0v) is 21.6. The van der Waals surface area contributed by atoms with Crippen molar-refractivity contribution in [3.63, 3.8) is 0 Å². The summed E-state index contributed by atoms with van der Waals surface area (Å²) in [5, 5.41) is 11.1. The Morgan fingerprint density at radius 3 is 2.28 bits per heavy atom. The van der Waals surface area contributed by atoms with Gasteiger partial charge in [-0.25, -0.2) is 0 Å². The first kappa shape index (κ1) is 26.0. The maximum atomic E-state index is 13.3. The van der Waals surface area contributed by atoms with Crippen LogP contribution < -0.4 is 4.90 Å². The number of hydrogen-bond acceptors (Lipinski definition) is 5. The summed E-state index contributed by atoms with van der Waals surface area (Å²) in [6.07, 6.45) is 4.92. The lowest BCUT2D eigenvalue weighted by Gasteiger charge is -2.48. The molecule has 2 aromatic carbocycles. The second-order valence-electron chi connectivity index (χ2n) is 10.4. The molecule has 1 fully saturated rings. The van der Waals surface area contributed by atoms with Crippen molar-refractivity contribution in [2.75, 3.05) is 18.1 Å². The van der Waals surface area contributed by atoms with Crippen LogP contribution in [0.25, 0.3) is 5.57 Å². The smallest absolute Gasteiger partial charge is 0.312 e. The van der Waals surface area contributed by atoms with Gasteiger partial charge in [-0.3, -0.25) is 14.5 Å². The molecule has 4 unspecified atom stereocenters. The number of nitrogens with zero attached hydrogens (tertiary/aromatic N) is 2. The van der Waals surface area contributed by atoms with Crippen molar-refractivity contribution in [2.24, 2.45) is 17.3 Å². The minimum atomic E-state index is -1.07. The number of esters is 1. The highest BCUT2D eigenvalue weighted by atomic mass is 16.5. The summed E-state index contributed by atoms with van der Waals surface area (Å²) in [4.78, 5) is 29.1. The predicted octanol–water partition coefficient (Wildman–Crippen LogP) is 5.44. The van der Waals surface area contributed by atoms with Crippen molar-refractivity contribution >= 4 is 23.1 Å². The quantitative estimate of drug-likeness (QED) is 0.355. The Hall–Kier alpha value is -3.12. The van der Waals surface area contributed by atoms with Gasteiger partial charge in [-0.05, 0) is 62.1 Å². The standard InChI is InChI=1S/C30H38N2O4/c1-22-20-30(3,23(22)2)28(34)36-19-13-5-4-12-18-31-27(33)26(24-14-8-6-9-15-24)21-32(29(31)35)25-16-10-7-11-17-25/h6-11,14-17,21-23,29,35H,4-5,12-13,18-20H2,1-3H3. The number of anilines is 1. The van der Waals surface area contributed by atoms with E-state index in [9.17, 15) is 14.7 Å². The van der Waals surface area contributed by atoms with E-state index >= 15 is 0 Å². The van der Waals surface area contributed by atoms with Crippen LogP contribution in [0.4, 0.5) is 5.69 Å². The number of unbranched alkanes of at least 4 members (excludes halogenated alkanes) is 3. The molecule has 1 heterocycles. The van der Waals surface area contributed by atoms with Gasteiger partial charge in [-0.1, -0.05) is 68.8 Å². The Kier molecular flexibility index (Phi) is 8.14. The fourth-order valence-electron chi connectivity index (χ4n) is 5.35. The van der Waals surface area contributed by atoms with E-state index < -0.39 is 6.35 Å². The van der Waals surface area contributed by atoms with E-state index in [-0.39, 0.29) is 17.3 Å². The molecule has 0 aromatic heterocycles. The summed E-state index contributed by atoms with van der Waals surface area (Å²) in [5.74, 6) is 0.692. The maximum Gasteiger partial charge on any atom is 0.312 e. The molecule has 4 rings (SSSR count). The normalized spacial score (nSPS) is 25.8. The third-order valence-corrected chi connectivity index (χ3v) is 8.02.